The van der Waals surface area contributed by atoms with Gasteiger partial charge in [0.25, 0.3) is 5.91 Å². The standard InChI is InChI=1S/C20H20N4O2/c1-2-26-15-9-5-13(6-10-15)17-11-16(12-3-7-14(21)8-4-12)18(20(23)25)19(22)24-17/h3-11H,2,21H2,1H3,(H2,22,24)(H2,23,25). The summed E-state index contributed by atoms with van der Waals surface area (Å²) in [7, 11) is 0. The molecule has 0 aliphatic rings. The van der Waals surface area contributed by atoms with Crippen LogP contribution in [-0.4, -0.2) is 17.5 Å². The van der Waals surface area contributed by atoms with Crippen molar-refractivity contribution in [1.29, 1.82) is 0 Å². The number of anilines is 2. The Bertz CT molecular complexity index is 935. The zero-order valence-corrected chi connectivity index (χ0v) is 14.4. The number of hydrogen-bond donors (Lipinski definition) is 3. The Morgan fingerprint density at radius 1 is 1.00 bits per heavy atom. The lowest BCUT2D eigenvalue weighted by Gasteiger charge is -2.13. The molecule has 0 radical (unpaired) electrons. The molecule has 3 rings (SSSR count). The van der Waals surface area contributed by atoms with E-state index in [2.05, 4.69) is 4.98 Å². The fourth-order valence-electron chi connectivity index (χ4n) is 2.75. The van der Waals surface area contributed by atoms with Crippen molar-refractivity contribution in [2.45, 2.75) is 6.92 Å². The number of carbonyl (C=O) groups excluding carboxylic acids is 1. The number of nitrogens with two attached hydrogens (primary N) is 3. The summed E-state index contributed by atoms with van der Waals surface area (Å²) in [5.41, 5.74) is 21.0. The van der Waals surface area contributed by atoms with Crippen LogP contribution < -0.4 is 21.9 Å². The zero-order valence-electron chi connectivity index (χ0n) is 14.4. The molecule has 0 unspecified atom stereocenters. The lowest BCUT2D eigenvalue weighted by Crippen LogP contribution is -2.16. The van der Waals surface area contributed by atoms with Gasteiger partial charge in [0.05, 0.1) is 17.9 Å². The van der Waals surface area contributed by atoms with E-state index in [4.69, 9.17) is 21.9 Å². The second-order valence-corrected chi connectivity index (χ2v) is 5.76. The summed E-state index contributed by atoms with van der Waals surface area (Å²) in [5, 5.41) is 0. The van der Waals surface area contributed by atoms with Gasteiger partial charge in [0, 0.05) is 16.8 Å². The number of nitrogen functional groups attached to an aromatic ring is 2. The van der Waals surface area contributed by atoms with Crippen molar-refractivity contribution in [3.05, 3.63) is 60.2 Å². The predicted octanol–water partition coefficient (Wildman–Crippen LogP) is 3.08. The fourth-order valence-corrected chi connectivity index (χ4v) is 2.75. The van der Waals surface area contributed by atoms with Crippen LogP contribution in [0.15, 0.2) is 54.6 Å². The van der Waals surface area contributed by atoms with Crippen LogP contribution in [0.2, 0.25) is 0 Å². The molecule has 0 aliphatic heterocycles. The van der Waals surface area contributed by atoms with Gasteiger partial charge >= 0.3 is 0 Å². The Morgan fingerprint density at radius 2 is 1.62 bits per heavy atom. The third kappa shape index (κ3) is 3.44. The number of amides is 1. The van der Waals surface area contributed by atoms with Crippen molar-refractivity contribution in [2.75, 3.05) is 18.1 Å². The number of aromatic nitrogens is 1. The summed E-state index contributed by atoms with van der Waals surface area (Å²) in [6.07, 6.45) is 0. The van der Waals surface area contributed by atoms with Crippen LogP contribution in [0, 0.1) is 0 Å². The van der Waals surface area contributed by atoms with Crippen LogP contribution in [0.4, 0.5) is 11.5 Å². The molecule has 1 aromatic heterocycles. The number of benzene rings is 2. The summed E-state index contributed by atoms with van der Waals surface area (Å²) in [6.45, 7) is 2.52. The predicted molar refractivity (Wildman–Crippen MR) is 104 cm³/mol. The molecule has 6 N–H and O–H groups in total. The van der Waals surface area contributed by atoms with Gasteiger partial charge in [-0.3, -0.25) is 4.79 Å². The van der Waals surface area contributed by atoms with E-state index >= 15 is 0 Å². The normalized spacial score (nSPS) is 10.5. The number of nitrogens with zero attached hydrogens (tertiary/aromatic N) is 1. The van der Waals surface area contributed by atoms with E-state index in [0.29, 0.717) is 23.6 Å². The Hall–Kier alpha value is -3.54. The van der Waals surface area contributed by atoms with Crippen LogP contribution in [0.25, 0.3) is 22.4 Å². The van der Waals surface area contributed by atoms with Crippen molar-refractivity contribution in [2.24, 2.45) is 5.73 Å². The van der Waals surface area contributed by atoms with E-state index in [1.54, 1.807) is 18.2 Å². The molecule has 0 saturated carbocycles. The summed E-state index contributed by atoms with van der Waals surface area (Å²) in [6, 6.07) is 16.5. The molecule has 2 aromatic carbocycles. The first-order valence-corrected chi connectivity index (χ1v) is 8.19. The Morgan fingerprint density at radius 3 is 2.19 bits per heavy atom. The number of ether oxygens (including phenoxy) is 1. The van der Waals surface area contributed by atoms with Crippen molar-refractivity contribution < 1.29 is 9.53 Å². The molecular weight excluding hydrogens is 328 g/mol. The third-order valence-electron chi connectivity index (χ3n) is 3.98. The summed E-state index contributed by atoms with van der Waals surface area (Å²) in [5.74, 6) is 0.243. The molecular formula is C20H20N4O2. The minimum Gasteiger partial charge on any atom is -0.494 e. The molecule has 0 atom stereocenters. The zero-order chi connectivity index (χ0) is 18.7. The summed E-state index contributed by atoms with van der Waals surface area (Å²) >= 11 is 0. The lowest BCUT2D eigenvalue weighted by molar-refractivity contribution is 0.100. The SMILES string of the molecule is CCOc1ccc(-c2cc(-c3ccc(N)cc3)c(C(N)=O)c(N)n2)cc1. The van der Waals surface area contributed by atoms with Gasteiger partial charge in [-0.25, -0.2) is 4.98 Å². The van der Waals surface area contributed by atoms with E-state index in [1.807, 2.05) is 43.3 Å². The molecule has 0 bridgehead atoms. The number of carbonyl (C=O) groups is 1. The minimum atomic E-state index is -0.625. The highest BCUT2D eigenvalue weighted by Gasteiger charge is 2.17. The summed E-state index contributed by atoms with van der Waals surface area (Å²) in [4.78, 5) is 16.3. The lowest BCUT2D eigenvalue weighted by atomic mass is 9.97. The van der Waals surface area contributed by atoms with Crippen LogP contribution >= 0.6 is 0 Å². The van der Waals surface area contributed by atoms with E-state index in [9.17, 15) is 4.79 Å². The molecule has 26 heavy (non-hydrogen) atoms. The molecule has 6 heteroatoms. The minimum absolute atomic E-state index is 0.0932. The van der Waals surface area contributed by atoms with Crippen molar-refractivity contribution in [3.8, 4) is 28.1 Å². The molecule has 6 nitrogen and oxygen atoms in total. The smallest absolute Gasteiger partial charge is 0.253 e. The molecule has 0 fully saturated rings. The highest BCUT2D eigenvalue weighted by molar-refractivity contribution is 6.04. The second-order valence-electron chi connectivity index (χ2n) is 5.76. The molecule has 132 valence electrons. The second kappa shape index (κ2) is 7.14. The number of pyridine rings is 1. The maximum atomic E-state index is 11.9. The third-order valence-corrected chi connectivity index (χ3v) is 3.98. The van der Waals surface area contributed by atoms with Gasteiger partial charge < -0.3 is 21.9 Å². The van der Waals surface area contributed by atoms with Crippen LogP contribution in [0.3, 0.4) is 0 Å². The van der Waals surface area contributed by atoms with Crippen LogP contribution in [0.1, 0.15) is 17.3 Å². The van der Waals surface area contributed by atoms with Gasteiger partial charge in [-0.05, 0) is 55.0 Å². The highest BCUT2D eigenvalue weighted by Crippen LogP contribution is 2.32. The molecule has 0 spiro atoms. The van der Waals surface area contributed by atoms with E-state index in [-0.39, 0.29) is 11.4 Å². The van der Waals surface area contributed by atoms with Gasteiger partial charge in [-0.15, -0.1) is 0 Å². The van der Waals surface area contributed by atoms with Crippen molar-refractivity contribution >= 4 is 17.4 Å². The molecule has 1 amide bonds. The van der Waals surface area contributed by atoms with E-state index < -0.39 is 5.91 Å². The molecule has 0 aliphatic carbocycles. The molecule has 3 aromatic rings. The maximum Gasteiger partial charge on any atom is 0.253 e. The Kier molecular flexibility index (Phi) is 4.75. The Labute approximate surface area is 151 Å². The van der Waals surface area contributed by atoms with Gasteiger partial charge in [0.2, 0.25) is 0 Å². The quantitative estimate of drug-likeness (QED) is 0.613. The highest BCUT2D eigenvalue weighted by atomic mass is 16.5. The fraction of sp³-hybridized carbons (Fsp3) is 0.100. The van der Waals surface area contributed by atoms with Crippen molar-refractivity contribution in [1.82, 2.24) is 4.98 Å². The Balaban J connectivity index is 2.13. The molecule has 0 saturated heterocycles. The monoisotopic (exact) mass is 348 g/mol. The molecule has 1 heterocycles. The van der Waals surface area contributed by atoms with Gasteiger partial charge in [-0.1, -0.05) is 12.1 Å². The van der Waals surface area contributed by atoms with E-state index in [1.165, 1.54) is 0 Å². The number of rotatable bonds is 5. The average Bonchev–Trinajstić information content (AvgIpc) is 2.62. The first-order chi connectivity index (χ1) is 12.5. The van der Waals surface area contributed by atoms with Gasteiger partial charge in [0.1, 0.15) is 11.6 Å². The number of primary amides is 1. The first-order valence-electron chi connectivity index (χ1n) is 8.19. The number of hydrogen-bond acceptors (Lipinski definition) is 5. The average molecular weight is 348 g/mol. The van der Waals surface area contributed by atoms with Gasteiger partial charge in [-0.2, -0.15) is 0 Å². The van der Waals surface area contributed by atoms with Crippen LogP contribution in [-0.2, 0) is 0 Å². The first kappa shape index (κ1) is 17.3. The van der Waals surface area contributed by atoms with Crippen molar-refractivity contribution in [3.63, 3.8) is 0 Å². The maximum absolute atomic E-state index is 11.9. The van der Waals surface area contributed by atoms with Gasteiger partial charge in [0.15, 0.2) is 0 Å². The van der Waals surface area contributed by atoms with E-state index in [0.717, 1.165) is 16.9 Å². The van der Waals surface area contributed by atoms with Crippen LogP contribution in [0.5, 0.6) is 5.75 Å². The largest absolute Gasteiger partial charge is 0.494 e. The summed E-state index contributed by atoms with van der Waals surface area (Å²) < 4.78 is 5.46. The topological polar surface area (TPSA) is 117 Å².